The summed E-state index contributed by atoms with van der Waals surface area (Å²) in [5.41, 5.74) is 2.33. The van der Waals surface area contributed by atoms with E-state index in [1.54, 1.807) is 6.07 Å². The third-order valence-electron chi connectivity index (χ3n) is 4.72. The number of rotatable bonds is 7. The number of hydrogen-bond acceptors (Lipinski definition) is 4. The fraction of sp³-hybridized carbons (Fsp3) is 0.318. The molecule has 0 aliphatic heterocycles. The first-order chi connectivity index (χ1) is 13.7. The van der Waals surface area contributed by atoms with Gasteiger partial charge in [0.05, 0.1) is 0 Å². The highest BCUT2D eigenvalue weighted by Crippen LogP contribution is 2.30. The van der Waals surface area contributed by atoms with Crippen molar-refractivity contribution in [3.63, 3.8) is 0 Å². The average molecular weight is 416 g/mol. The van der Waals surface area contributed by atoms with Crippen molar-refractivity contribution in [2.75, 3.05) is 6.54 Å². The molecule has 1 N–H and O–H groups in total. The summed E-state index contributed by atoms with van der Waals surface area (Å²) < 4.78 is 18.9. The molecule has 3 aromatic rings. The van der Waals surface area contributed by atoms with Gasteiger partial charge < -0.3 is 9.73 Å². The zero-order chi connectivity index (χ0) is 21.0. The molecule has 0 fully saturated rings. The van der Waals surface area contributed by atoms with Gasteiger partial charge in [0, 0.05) is 35.4 Å². The van der Waals surface area contributed by atoms with E-state index in [2.05, 4.69) is 15.5 Å². The lowest BCUT2D eigenvalue weighted by atomic mass is 9.84. The summed E-state index contributed by atoms with van der Waals surface area (Å²) in [5, 5.41) is 11.3. The third-order valence-corrected chi connectivity index (χ3v) is 5.03. The molecule has 1 aromatic heterocycles. The lowest BCUT2D eigenvalue weighted by Crippen LogP contribution is -2.37. The van der Waals surface area contributed by atoms with Crippen LogP contribution in [0.1, 0.15) is 37.3 Å². The van der Waals surface area contributed by atoms with Crippen molar-refractivity contribution in [1.82, 2.24) is 15.5 Å². The van der Waals surface area contributed by atoms with Crippen LogP contribution in [-0.2, 0) is 16.6 Å². The molecule has 0 saturated heterocycles. The molecule has 3 rings (SSSR count). The molecule has 0 saturated carbocycles. The van der Waals surface area contributed by atoms with Gasteiger partial charge in [-0.25, -0.2) is 4.39 Å². The van der Waals surface area contributed by atoms with Gasteiger partial charge in [-0.05, 0) is 36.8 Å². The van der Waals surface area contributed by atoms with Crippen LogP contribution in [0, 0.1) is 12.7 Å². The first kappa shape index (κ1) is 21.0. The molecule has 7 heteroatoms. The number of aromatic nitrogens is 2. The van der Waals surface area contributed by atoms with Crippen molar-refractivity contribution in [3.8, 4) is 11.5 Å². The summed E-state index contributed by atoms with van der Waals surface area (Å²) in [6.45, 7) is 6.26. The summed E-state index contributed by atoms with van der Waals surface area (Å²) >= 11 is 6.15. The Kier molecular flexibility index (Phi) is 6.33. The van der Waals surface area contributed by atoms with Crippen molar-refractivity contribution >= 4 is 17.5 Å². The SMILES string of the molecule is Cc1ccc(-c2nnc(CCC(=O)NCC(C)(C)c3ccc(F)cc3Cl)o2)cc1. The molecule has 0 aliphatic rings. The van der Waals surface area contributed by atoms with Crippen LogP contribution in [0.2, 0.25) is 5.02 Å². The van der Waals surface area contributed by atoms with Gasteiger partial charge in [-0.2, -0.15) is 0 Å². The topological polar surface area (TPSA) is 68.0 Å². The lowest BCUT2D eigenvalue weighted by Gasteiger charge is -2.26. The van der Waals surface area contributed by atoms with Gasteiger partial charge in [0.15, 0.2) is 0 Å². The fourth-order valence-electron chi connectivity index (χ4n) is 2.93. The van der Waals surface area contributed by atoms with Crippen LogP contribution in [0.4, 0.5) is 4.39 Å². The van der Waals surface area contributed by atoms with Crippen molar-refractivity contribution in [2.45, 2.75) is 39.0 Å². The second-order valence-corrected chi connectivity index (χ2v) is 8.06. The number of carbonyl (C=O) groups is 1. The minimum absolute atomic E-state index is 0.133. The Labute approximate surface area is 174 Å². The molecule has 0 radical (unpaired) electrons. The molecular formula is C22H23ClFN3O2. The monoisotopic (exact) mass is 415 g/mol. The van der Waals surface area contributed by atoms with Gasteiger partial charge in [-0.3, -0.25) is 4.79 Å². The molecule has 0 bridgehead atoms. The van der Waals surface area contributed by atoms with Crippen LogP contribution in [0.25, 0.3) is 11.5 Å². The molecular weight excluding hydrogens is 393 g/mol. The Balaban J connectivity index is 1.53. The predicted octanol–water partition coefficient (Wildman–Crippen LogP) is 4.86. The standard InChI is InChI=1S/C22H23ClFN3O2/c1-14-4-6-15(7-5-14)21-27-26-20(29-21)11-10-19(28)25-13-22(2,3)17-9-8-16(24)12-18(17)23/h4-9,12H,10-11,13H2,1-3H3,(H,25,28). The maximum absolute atomic E-state index is 13.3. The van der Waals surface area contributed by atoms with Crippen LogP contribution < -0.4 is 5.32 Å². The van der Waals surface area contributed by atoms with Gasteiger partial charge in [0.1, 0.15) is 5.82 Å². The maximum atomic E-state index is 13.3. The third kappa shape index (κ3) is 5.41. The highest BCUT2D eigenvalue weighted by molar-refractivity contribution is 6.31. The van der Waals surface area contributed by atoms with E-state index in [9.17, 15) is 9.18 Å². The summed E-state index contributed by atoms with van der Waals surface area (Å²) in [5.74, 6) is 0.332. The summed E-state index contributed by atoms with van der Waals surface area (Å²) in [6, 6.07) is 12.1. The van der Waals surface area contributed by atoms with E-state index in [0.29, 0.717) is 29.8 Å². The van der Waals surface area contributed by atoms with Crippen molar-refractivity contribution < 1.29 is 13.6 Å². The largest absolute Gasteiger partial charge is 0.421 e. The number of amides is 1. The van der Waals surface area contributed by atoms with E-state index in [-0.39, 0.29) is 18.1 Å². The van der Waals surface area contributed by atoms with Crippen molar-refractivity contribution in [1.29, 1.82) is 0 Å². The number of carbonyl (C=O) groups excluding carboxylic acids is 1. The molecule has 0 aliphatic carbocycles. The maximum Gasteiger partial charge on any atom is 0.247 e. The normalized spacial score (nSPS) is 11.5. The molecule has 0 spiro atoms. The Hall–Kier alpha value is -2.73. The van der Waals surface area contributed by atoms with Gasteiger partial charge in [-0.15, -0.1) is 10.2 Å². The Morgan fingerprint density at radius 2 is 1.90 bits per heavy atom. The number of nitrogens with one attached hydrogen (secondary N) is 1. The predicted molar refractivity (Wildman–Crippen MR) is 110 cm³/mol. The second-order valence-electron chi connectivity index (χ2n) is 7.65. The highest BCUT2D eigenvalue weighted by atomic mass is 35.5. The first-order valence-corrected chi connectivity index (χ1v) is 9.74. The summed E-state index contributed by atoms with van der Waals surface area (Å²) in [7, 11) is 0. The molecule has 1 heterocycles. The number of nitrogens with zero attached hydrogens (tertiary/aromatic N) is 2. The molecule has 152 valence electrons. The zero-order valence-corrected chi connectivity index (χ0v) is 17.4. The smallest absolute Gasteiger partial charge is 0.247 e. The summed E-state index contributed by atoms with van der Waals surface area (Å²) in [4.78, 5) is 12.3. The van der Waals surface area contributed by atoms with Crippen LogP contribution >= 0.6 is 11.6 Å². The number of halogens is 2. The van der Waals surface area contributed by atoms with Gasteiger partial charge in [0.25, 0.3) is 0 Å². The first-order valence-electron chi connectivity index (χ1n) is 9.36. The van der Waals surface area contributed by atoms with Crippen LogP contribution in [0.15, 0.2) is 46.9 Å². The van der Waals surface area contributed by atoms with E-state index in [1.165, 1.54) is 12.1 Å². The van der Waals surface area contributed by atoms with E-state index < -0.39 is 5.41 Å². The Morgan fingerprint density at radius 1 is 1.17 bits per heavy atom. The molecule has 1 amide bonds. The van der Waals surface area contributed by atoms with Gasteiger partial charge in [0.2, 0.25) is 17.7 Å². The number of benzene rings is 2. The Bertz CT molecular complexity index is 1000. The van der Waals surface area contributed by atoms with Gasteiger partial charge in [-0.1, -0.05) is 49.2 Å². The second kappa shape index (κ2) is 8.74. The molecule has 2 aromatic carbocycles. The highest BCUT2D eigenvalue weighted by Gasteiger charge is 2.24. The van der Waals surface area contributed by atoms with Crippen molar-refractivity contribution in [2.24, 2.45) is 0 Å². The zero-order valence-electron chi connectivity index (χ0n) is 16.6. The van der Waals surface area contributed by atoms with E-state index in [0.717, 1.165) is 16.7 Å². The van der Waals surface area contributed by atoms with E-state index in [4.69, 9.17) is 16.0 Å². The van der Waals surface area contributed by atoms with Crippen LogP contribution in [-0.4, -0.2) is 22.6 Å². The van der Waals surface area contributed by atoms with Crippen LogP contribution in [0.5, 0.6) is 0 Å². The van der Waals surface area contributed by atoms with Gasteiger partial charge >= 0.3 is 0 Å². The summed E-state index contributed by atoms with van der Waals surface area (Å²) in [6.07, 6.45) is 0.575. The van der Waals surface area contributed by atoms with Crippen molar-refractivity contribution in [3.05, 3.63) is 70.3 Å². The Morgan fingerprint density at radius 3 is 2.59 bits per heavy atom. The molecule has 0 atom stereocenters. The fourth-order valence-corrected chi connectivity index (χ4v) is 3.35. The lowest BCUT2D eigenvalue weighted by molar-refractivity contribution is -0.121. The number of aryl methyl sites for hydroxylation is 2. The quantitative estimate of drug-likeness (QED) is 0.598. The molecule has 5 nitrogen and oxygen atoms in total. The van der Waals surface area contributed by atoms with E-state index in [1.807, 2.05) is 45.0 Å². The molecule has 0 unspecified atom stereocenters. The van der Waals surface area contributed by atoms with E-state index >= 15 is 0 Å². The minimum atomic E-state index is -0.441. The average Bonchev–Trinajstić information content (AvgIpc) is 3.14. The molecule has 29 heavy (non-hydrogen) atoms. The van der Waals surface area contributed by atoms with Crippen LogP contribution in [0.3, 0.4) is 0 Å². The minimum Gasteiger partial charge on any atom is -0.421 e. The number of hydrogen-bond donors (Lipinski definition) is 1.